The number of nitro groups is 1. The highest BCUT2D eigenvalue weighted by molar-refractivity contribution is 14.1. The number of thioether (sulfide) groups is 1. The highest BCUT2D eigenvalue weighted by Crippen LogP contribution is 2.37. The largest absolute Gasteiger partial charge is 0.490 e. The van der Waals surface area contributed by atoms with Crippen molar-refractivity contribution >= 4 is 62.9 Å². The molecule has 0 aromatic heterocycles. The van der Waals surface area contributed by atoms with Gasteiger partial charge in [-0.15, -0.1) is 0 Å². The van der Waals surface area contributed by atoms with E-state index in [1.165, 1.54) is 23.9 Å². The van der Waals surface area contributed by atoms with Crippen LogP contribution in [-0.4, -0.2) is 22.6 Å². The first-order valence-electron chi connectivity index (χ1n) is 11.0. The maximum atomic E-state index is 12.5. The van der Waals surface area contributed by atoms with E-state index in [2.05, 4.69) is 32.9 Å². The highest BCUT2D eigenvalue weighted by Gasteiger charge is 2.24. The molecule has 4 rings (SSSR count). The number of carbonyl (C=O) groups excluding carboxylic acids is 1. The summed E-state index contributed by atoms with van der Waals surface area (Å²) in [6, 6.07) is 17.7. The molecule has 0 spiro atoms. The predicted molar refractivity (Wildman–Crippen MR) is 150 cm³/mol. The number of nitro benzene ring substituents is 1. The van der Waals surface area contributed by atoms with Gasteiger partial charge >= 0.3 is 0 Å². The van der Waals surface area contributed by atoms with Crippen LogP contribution in [-0.2, 0) is 11.4 Å². The van der Waals surface area contributed by atoms with Gasteiger partial charge in [0, 0.05) is 12.1 Å². The Morgan fingerprint density at radius 2 is 1.83 bits per heavy atom. The summed E-state index contributed by atoms with van der Waals surface area (Å²) < 4.78 is 12.6. The number of aliphatic imine (C=N–C) groups is 1. The number of benzene rings is 3. The third kappa shape index (κ3) is 6.43. The lowest BCUT2D eigenvalue weighted by Gasteiger charge is -2.15. The van der Waals surface area contributed by atoms with Crippen LogP contribution in [0.25, 0.3) is 6.08 Å². The molecule has 0 aliphatic carbocycles. The van der Waals surface area contributed by atoms with Crippen molar-refractivity contribution in [2.24, 2.45) is 4.99 Å². The van der Waals surface area contributed by atoms with Crippen molar-refractivity contribution < 1.29 is 19.2 Å². The monoisotopic (exact) mass is 615 g/mol. The standard InChI is InChI=1S/C26H22IN3O5S/c1-3-34-22-13-18(12-21(27)24(22)35-15-17-6-10-20(11-7-17)30(32)33)14-23-25(31)29-26(36-23)28-19-8-4-16(2)5-9-19/h4-14H,3,15H2,1-2H3,(H,28,29,31)/b23-14+. The number of halogens is 1. The van der Waals surface area contributed by atoms with Crippen LogP contribution in [0.3, 0.4) is 0 Å². The quantitative estimate of drug-likeness (QED) is 0.137. The molecule has 3 aromatic rings. The van der Waals surface area contributed by atoms with Gasteiger partial charge in [0.05, 0.1) is 25.7 Å². The molecule has 1 aliphatic heterocycles. The average molecular weight is 615 g/mol. The first-order chi connectivity index (χ1) is 17.3. The van der Waals surface area contributed by atoms with Crippen molar-refractivity contribution in [2.75, 3.05) is 6.61 Å². The summed E-state index contributed by atoms with van der Waals surface area (Å²) in [5.41, 5.74) is 3.53. The molecular formula is C26H22IN3O5S. The molecule has 1 N–H and O–H groups in total. The molecule has 0 bridgehead atoms. The van der Waals surface area contributed by atoms with Crippen molar-refractivity contribution in [3.63, 3.8) is 0 Å². The minimum absolute atomic E-state index is 0.0293. The molecule has 1 heterocycles. The van der Waals surface area contributed by atoms with Crippen molar-refractivity contribution in [3.05, 3.63) is 95.9 Å². The van der Waals surface area contributed by atoms with E-state index < -0.39 is 4.92 Å². The summed E-state index contributed by atoms with van der Waals surface area (Å²) in [5, 5.41) is 14.2. The van der Waals surface area contributed by atoms with E-state index in [9.17, 15) is 14.9 Å². The van der Waals surface area contributed by atoms with Gasteiger partial charge in [-0.1, -0.05) is 17.7 Å². The number of non-ortho nitro benzene ring substituents is 1. The van der Waals surface area contributed by atoms with E-state index in [4.69, 9.17) is 9.47 Å². The summed E-state index contributed by atoms with van der Waals surface area (Å²) in [6.07, 6.45) is 1.79. The Balaban J connectivity index is 1.53. The topological polar surface area (TPSA) is 103 Å². The number of carbonyl (C=O) groups is 1. The van der Waals surface area contributed by atoms with Crippen LogP contribution in [0.1, 0.15) is 23.6 Å². The number of amidine groups is 1. The van der Waals surface area contributed by atoms with Gasteiger partial charge in [0.25, 0.3) is 11.6 Å². The van der Waals surface area contributed by atoms with Crippen LogP contribution in [0.2, 0.25) is 0 Å². The second-order valence-corrected chi connectivity index (χ2v) is 9.99. The molecule has 10 heteroatoms. The second-order valence-electron chi connectivity index (χ2n) is 7.79. The Morgan fingerprint density at radius 1 is 1.11 bits per heavy atom. The van der Waals surface area contributed by atoms with Gasteiger partial charge in [0.1, 0.15) is 6.61 Å². The molecule has 36 heavy (non-hydrogen) atoms. The van der Waals surface area contributed by atoms with E-state index in [0.717, 1.165) is 25.9 Å². The zero-order chi connectivity index (χ0) is 25.7. The summed E-state index contributed by atoms with van der Waals surface area (Å²) >= 11 is 3.45. The van der Waals surface area contributed by atoms with Gasteiger partial charge in [0.2, 0.25) is 0 Å². The maximum Gasteiger partial charge on any atom is 0.269 e. The Hall–Kier alpha value is -3.38. The molecule has 0 unspecified atom stereocenters. The number of rotatable bonds is 8. The number of hydrogen-bond acceptors (Lipinski definition) is 7. The number of hydrogen-bond donors (Lipinski definition) is 1. The predicted octanol–water partition coefficient (Wildman–Crippen LogP) is 6.38. The van der Waals surface area contributed by atoms with E-state index in [-0.39, 0.29) is 18.2 Å². The van der Waals surface area contributed by atoms with Crippen molar-refractivity contribution in [2.45, 2.75) is 20.5 Å². The molecule has 8 nitrogen and oxygen atoms in total. The maximum absolute atomic E-state index is 12.5. The molecule has 0 radical (unpaired) electrons. The van der Waals surface area contributed by atoms with E-state index in [1.807, 2.05) is 50.2 Å². The lowest BCUT2D eigenvalue weighted by molar-refractivity contribution is -0.384. The van der Waals surface area contributed by atoms with Gasteiger partial charge in [-0.25, -0.2) is 4.99 Å². The smallest absolute Gasteiger partial charge is 0.269 e. The fraction of sp³-hybridized carbons (Fsp3) is 0.154. The molecule has 1 aliphatic rings. The highest BCUT2D eigenvalue weighted by atomic mass is 127. The van der Waals surface area contributed by atoms with Gasteiger partial charge in [-0.2, -0.15) is 0 Å². The number of nitrogens with zero attached hydrogens (tertiary/aromatic N) is 2. The fourth-order valence-electron chi connectivity index (χ4n) is 3.31. The molecular weight excluding hydrogens is 593 g/mol. The lowest BCUT2D eigenvalue weighted by Crippen LogP contribution is -2.19. The zero-order valence-corrected chi connectivity index (χ0v) is 22.5. The van der Waals surface area contributed by atoms with Crippen LogP contribution in [0.5, 0.6) is 11.5 Å². The fourth-order valence-corrected chi connectivity index (χ4v) is 4.94. The first-order valence-corrected chi connectivity index (χ1v) is 12.9. The van der Waals surface area contributed by atoms with E-state index >= 15 is 0 Å². The van der Waals surface area contributed by atoms with Crippen molar-refractivity contribution in [1.82, 2.24) is 5.32 Å². The number of ether oxygens (including phenoxy) is 2. The minimum Gasteiger partial charge on any atom is -0.490 e. The van der Waals surface area contributed by atoms with Gasteiger partial charge < -0.3 is 14.8 Å². The zero-order valence-electron chi connectivity index (χ0n) is 19.5. The molecule has 0 atom stereocenters. The van der Waals surface area contributed by atoms with Crippen LogP contribution >= 0.6 is 34.4 Å². The third-order valence-corrected chi connectivity index (χ3v) is 6.79. The Morgan fingerprint density at radius 3 is 2.50 bits per heavy atom. The molecule has 1 amide bonds. The van der Waals surface area contributed by atoms with E-state index in [0.29, 0.717) is 28.2 Å². The minimum atomic E-state index is -0.436. The van der Waals surface area contributed by atoms with Gasteiger partial charge in [-0.3, -0.25) is 14.9 Å². The van der Waals surface area contributed by atoms with Crippen molar-refractivity contribution in [1.29, 1.82) is 0 Å². The van der Waals surface area contributed by atoms with Crippen LogP contribution in [0.4, 0.5) is 11.4 Å². The summed E-state index contributed by atoms with van der Waals surface area (Å²) in [6.45, 7) is 4.55. The van der Waals surface area contributed by atoms with Gasteiger partial charge in [0.15, 0.2) is 16.7 Å². The third-order valence-electron chi connectivity index (χ3n) is 5.08. The van der Waals surface area contributed by atoms with Crippen LogP contribution in [0, 0.1) is 20.6 Å². The summed E-state index contributed by atoms with van der Waals surface area (Å²) in [5.74, 6) is 0.913. The summed E-state index contributed by atoms with van der Waals surface area (Å²) in [7, 11) is 0. The number of amides is 1. The van der Waals surface area contributed by atoms with Crippen molar-refractivity contribution in [3.8, 4) is 11.5 Å². The molecule has 184 valence electrons. The normalized spacial score (nSPS) is 15.2. The molecule has 0 saturated carbocycles. The van der Waals surface area contributed by atoms with E-state index in [1.54, 1.807) is 18.2 Å². The average Bonchev–Trinajstić information content (AvgIpc) is 3.18. The molecule has 1 fully saturated rings. The molecule has 3 aromatic carbocycles. The lowest BCUT2D eigenvalue weighted by atomic mass is 10.1. The first kappa shape index (κ1) is 25.7. The Kier molecular flexibility index (Phi) is 8.26. The van der Waals surface area contributed by atoms with Gasteiger partial charge in [-0.05, 0) is 102 Å². The SMILES string of the molecule is CCOc1cc(/C=C2/SC(=Nc3ccc(C)cc3)NC2=O)cc(I)c1OCc1ccc([N+](=O)[O-])cc1. The Labute approximate surface area is 226 Å². The van der Waals surface area contributed by atoms with Crippen LogP contribution < -0.4 is 14.8 Å². The second kappa shape index (κ2) is 11.6. The Bertz CT molecular complexity index is 1360. The number of nitrogens with one attached hydrogen (secondary N) is 1. The molecule has 1 saturated heterocycles. The number of aryl methyl sites for hydroxylation is 1. The van der Waals surface area contributed by atoms with Crippen LogP contribution in [0.15, 0.2) is 70.6 Å². The summed E-state index contributed by atoms with van der Waals surface area (Å²) in [4.78, 5) is 28.0.